The van der Waals surface area contributed by atoms with Gasteiger partial charge in [0.25, 0.3) is 0 Å². The van der Waals surface area contributed by atoms with Gasteiger partial charge >= 0.3 is 0 Å². The first kappa shape index (κ1) is 15.4. The Hall–Kier alpha value is -2.50. The summed E-state index contributed by atoms with van der Waals surface area (Å²) in [5, 5.41) is 14.0. The molecule has 3 rings (SSSR count). The maximum absolute atomic E-state index is 12.4. The second-order valence-electron chi connectivity index (χ2n) is 5.93. The maximum atomic E-state index is 12.4. The number of rotatable bonds is 4. The molecule has 0 spiro atoms. The number of fused-ring (bicyclic) bond motifs is 1. The number of amides is 1. The molecule has 0 saturated carbocycles. The normalized spacial score (nSPS) is 22.4. The van der Waals surface area contributed by atoms with Crippen molar-refractivity contribution in [2.45, 2.75) is 26.3 Å². The van der Waals surface area contributed by atoms with Crippen molar-refractivity contribution >= 4 is 11.9 Å². The van der Waals surface area contributed by atoms with E-state index in [0.29, 0.717) is 30.9 Å². The number of allylic oxidation sites excluding steroid dienone is 2. The molecule has 23 heavy (non-hydrogen) atoms. The monoisotopic (exact) mass is 316 g/mol. The Morgan fingerprint density at radius 3 is 2.83 bits per heavy atom. The summed E-state index contributed by atoms with van der Waals surface area (Å²) in [5.41, 5.74) is 1.90. The van der Waals surface area contributed by atoms with Gasteiger partial charge in [-0.05, 0) is 37.5 Å². The fourth-order valence-electron chi connectivity index (χ4n) is 2.97. The summed E-state index contributed by atoms with van der Waals surface area (Å²) >= 11 is 0. The van der Waals surface area contributed by atoms with E-state index in [2.05, 4.69) is 5.32 Å². The number of carboxylic acids is 1. The molecule has 2 aliphatic rings. The molecule has 1 aromatic rings. The fraction of sp³-hybridized carbons (Fsp3) is 0.412. The minimum atomic E-state index is -1.17. The van der Waals surface area contributed by atoms with Crippen LogP contribution in [0.5, 0.6) is 11.5 Å². The summed E-state index contributed by atoms with van der Waals surface area (Å²) in [4.78, 5) is 23.6. The maximum Gasteiger partial charge on any atom is 0.231 e. The Bertz CT molecular complexity index is 667. The number of hydrogen-bond acceptors (Lipinski definition) is 5. The highest BCUT2D eigenvalue weighted by Crippen LogP contribution is 2.33. The van der Waals surface area contributed by atoms with Crippen molar-refractivity contribution in [2.24, 2.45) is 11.8 Å². The number of carbonyl (C=O) groups excluding carboxylic acids is 2. The summed E-state index contributed by atoms with van der Waals surface area (Å²) in [7, 11) is 0. The van der Waals surface area contributed by atoms with Crippen LogP contribution >= 0.6 is 0 Å². The Morgan fingerprint density at radius 1 is 1.26 bits per heavy atom. The topological polar surface area (TPSA) is 87.7 Å². The van der Waals surface area contributed by atoms with Gasteiger partial charge in [0.05, 0.1) is 0 Å². The SMILES string of the molecule is CC1=CC[C@H](C(=O)[O-])[C@@H](C(=O)NCc2ccc3c(c2)OCO3)C1. The largest absolute Gasteiger partial charge is 0.550 e. The van der Waals surface area contributed by atoms with Gasteiger partial charge in [0.1, 0.15) is 0 Å². The van der Waals surface area contributed by atoms with Crippen LogP contribution in [0.2, 0.25) is 0 Å². The molecule has 0 radical (unpaired) electrons. The van der Waals surface area contributed by atoms with Crippen LogP contribution in [0.3, 0.4) is 0 Å². The van der Waals surface area contributed by atoms with Gasteiger partial charge in [-0.3, -0.25) is 4.79 Å². The predicted molar refractivity (Wildman–Crippen MR) is 79.4 cm³/mol. The molecule has 2 atom stereocenters. The number of nitrogens with one attached hydrogen (secondary N) is 1. The second-order valence-corrected chi connectivity index (χ2v) is 5.93. The number of hydrogen-bond donors (Lipinski definition) is 1. The summed E-state index contributed by atoms with van der Waals surface area (Å²) in [6.07, 6.45) is 2.66. The van der Waals surface area contributed by atoms with Crippen molar-refractivity contribution < 1.29 is 24.2 Å². The zero-order valence-corrected chi connectivity index (χ0v) is 12.8. The molecule has 1 heterocycles. The molecule has 0 unspecified atom stereocenters. The molecule has 1 amide bonds. The van der Waals surface area contributed by atoms with Crippen LogP contribution in [0.25, 0.3) is 0 Å². The molecule has 1 aromatic carbocycles. The molecule has 0 fully saturated rings. The van der Waals surface area contributed by atoms with Crippen LogP contribution in [-0.2, 0) is 16.1 Å². The predicted octanol–water partition coefficient (Wildman–Crippen LogP) is 0.754. The summed E-state index contributed by atoms with van der Waals surface area (Å²) in [6.45, 7) is 2.42. The van der Waals surface area contributed by atoms with Gasteiger partial charge in [-0.2, -0.15) is 0 Å². The van der Waals surface area contributed by atoms with Crippen molar-refractivity contribution in [1.82, 2.24) is 5.32 Å². The lowest BCUT2D eigenvalue weighted by atomic mass is 9.79. The molecular weight excluding hydrogens is 298 g/mol. The quantitative estimate of drug-likeness (QED) is 0.828. The number of carbonyl (C=O) groups is 2. The molecule has 1 N–H and O–H groups in total. The smallest absolute Gasteiger partial charge is 0.231 e. The van der Waals surface area contributed by atoms with Gasteiger partial charge in [-0.15, -0.1) is 0 Å². The highest BCUT2D eigenvalue weighted by molar-refractivity contribution is 5.84. The van der Waals surface area contributed by atoms with E-state index in [1.54, 1.807) is 6.07 Å². The number of aliphatic carboxylic acids is 1. The minimum Gasteiger partial charge on any atom is -0.550 e. The highest BCUT2D eigenvalue weighted by Gasteiger charge is 2.31. The Labute approximate surface area is 134 Å². The van der Waals surface area contributed by atoms with Gasteiger partial charge in [0.15, 0.2) is 11.5 Å². The van der Waals surface area contributed by atoms with Crippen molar-refractivity contribution in [3.05, 3.63) is 35.4 Å². The number of ether oxygens (including phenoxy) is 2. The molecule has 0 saturated heterocycles. The Balaban J connectivity index is 1.64. The molecule has 6 nitrogen and oxygen atoms in total. The van der Waals surface area contributed by atoms with E-state index < -0.39 is 17.8 Å². The van der Waals surface area contributed by atoms with Crippen molar-refractivity contribution in [2.75, 3.05) is 6.79 Å². The zero-order valence-electron chi connectivity index (χ0n) is 12.8. The molecule has 122 valence electrons. The van der Waals surface area contributed by atoms with Crippen molar-refractivity contribution in [3.8, 4) is 11.5 Å². The lowest BCUT2D eigenvalue weighted by Crippen LogP contribution is -2.44. The first-order valence-electron chi connectivity index (χ1n) is 7.57. The molecule has 1 aliphatic heterocycles. The zero-order chi connectivity index (χ0) is 16.4. The van der Waals surface area contributed by atoms with Crippen molar-refractivity contribution in [3.63, 3.8) is 0 Å². The van der Waals surface area contributed by atoms with Crippen LogP contribution in [0.1, 0.15) is 25.3 Å². The average molecular weight is 316 g/mol. The van der Waals surface area contributed by atoms with Gasteiger partial charge in [-0.1, -0.05) is 17.7 Å². The van der Waals surface area contributed by atoms with Crippen LogP contribution < -0.4 is 19.9 Å². The van der Waals surface area contributed by atoms with E-state index in [0.717, 1.165) is 11.1 Å². The van der Waals surface area contributed by atoms with E-state index in [4.69, 9.17) is 9.47 Å². The summed E-state index contributed by atoms with van der Waals surface area (Å²) < 4.78 is 10.5. The average Bonchev–Trinajstić information content (AvgIpc) is 2.99. The number of benzene rings is 1. The molecule has 1 aliphatic carbocycles. The third kappa shape index (κ3) is 3.31. The van der Waals surface area contributed by atoms with Gasteiger partial charge in [0.2, 0.25) is 12.7 Å². The first-order valence-corrected chi connectivity index (χ1v) is 7.57. The third-order valence-electron chi connectivity index (χ3n) is 4.29. The standard InChI is InChI=1S/C17H19NO5/c1-10-2-4-12(17(20)21)13(6-10)16(19)18-8-11-3-5-14-15(7-11)23-9-22-14/h2-3,5,7,12-13H,4,6,8-9H2,1H3,(H,18,19)(H,20,21)/p-1/t12-,13-/m0/s1. The van der Waals surface area contributed by atoms with E-state index >= 15 is 0 Å². The van der Waals surface area contributed by atoms with Crippen LogP contribution in [0.15, 0.2) is 29.8 Å². The van der Waals surface area contributed by atoms with E-state index in [-0.39, 0.29) is 12.7 Å². The van der Waals surface area contributed by atoms with Crippen LogP contribution in [-0.4, -0.2) is 18.7 Å². The molecule has 0 bridgehead atoms. The first-order chi connectivity index (χ1) is 11.0. The molecular formula is C17H18NO5-. The molecule has 0 aromatic heterocycles. The minimum absolute atomic E-state index is 0.201. The Kier molecular flexibility index (Phi) is 4.23. The van der Waals surface area contributed by atoms with Gasteiger partial charge < -0.3 is 24.7 Å². The van der Waals surface area contributed by atoms with Crippen LogP contribution in [0.4, 0.5) is 0 Å². The van der Waals surface area contributed by atoms with Crippen molar-refractivity contribution in [1.29, 1.82) is 0 Å². The van der Waals surface area contributed by atoms with Crippen LogP contribution in [0, 0.1) is 11.8 Å². The number of carboxylic acid groups (broad SMARTS) is 1. The lowest BCUT2D eigenvalue weighted by molar-refractivity contribution is -0.313. The fourth-order valence-corrected chi connectivity index (χ4v) is 2.97. The third-order valence-corrected chi connectivity index (χ3v) is 4.29. The van der Waals surface area contributed by atoms with E-state index in [1.165, 1.54) is 0 Å². The lowest BCUT2D eigenvalue weighted by Gasteiger charge is -2.30. The van der Waals surface area contributed by atoms with E-state index in [1.807, 2.05) is 25.1 Å². The Morgan fingerprint density at radius 2 is 2.04 bits per heavy atom. The van der Waals surface area contributed by atoms with E-state index in [9.17, 15) is 14.7 Å². The highest BCUT2D eigenvalue weighted by atomic mass is 16.7. The summed E-state index contributed by atoms with van der Waals surface area (Å²) in [6, 6.07) is 5.45. The molecule has 6 heteroatoms. The second kappa shape index (κ2) is 6.32. The van der Waals surface area contributed by atoms with Gasteiger partial charge in [0, 0.05) is 24.3 Å². The van der Waals surface area contributed by atoms with Gasteiger partial charge in [-0.25, -0.2) is 0 Å². The summed E-state index contributed by atoms with van der Waals surface area (Å²) in [5.74, 6) is -1.44.